The van der Waals surface area contributed by atoms with Gasteiger partial charge in [-0.15, -0.1) is 0 Å². The van der Waals surface area contributed by atoms with E-state index in [9.17, 15) is 13.5 Å². The molecule has 0 amide bonds. The minimum atomic E-state index is -2.92. The van der Waals surface area contributed by atoms with Gasteiger partial charge in [-0.05, 0) is 30.7 Å². The summed E-state index contributed by atoms with van der Waals surface area (Å²) in [5, 5.41) is 10.1. The molecule has 2 heterocycles. The summed E-state index contributed by atoms with van der Waals surface area (Å²) in [6, 6.07) is 5.61. The fourth-order valence-corrected chi connectivity index (χ4v) is 4.18. The number of benzene rings is 1. The summed E-state index contributed by atoms with van der Waals surface area (Å²) < 4.78 is 39.3. The molecule has 7 nitrogen and oxygen atoms in total. The Balaban J connectivity index is 1.40. The van der Waals surface area contributed by atoms with Crippen LogP contribution in [0, 0.1) is 0 Å². The lowest BCUT2D eigenvalue weighted by atomic mass is 10.2. The van der Waals surface area contributed by atoms with Crippen LogP contribution in [0.4, 0.5) is 0 Å². The smallest absolute Gasteiger partial charge is 0.231 e. The van der Waals surface area contributed by atoms with Crippen LogP contribution in [0.25, 0.3) is 0 Å². The Morgan fingerprint density at radius 1 is 1.21 bits per heavy atom. The Kier molecular flexibility index (Phi) is 5.60. The second kappa shape index (κ2) is 7.69. The number of fused-ring (bicyclic) bond motifs is 1. The SMILES string of the molecule is O=S1(=O)CCCN(CC(O)COCc2ccc3c(c2)OCO3)CC1. The molecule has 0 aliphatic carbocycles. The minimum absolute atomic E-state index is 0.164. The maximum absolute atomic E-state index is 11.6. The van der Waals surface area contributed by atoms with E-state index in [2.05, 4.69) is 0 Å². The average molecular weight is 357 g/mol. The van der Waals surface area contributed by atoms with Crippen molar-refractivity contribution in [1.29, 1.82) is 0 Å². The highest BCUT2D eigenvalue weighted by molar-refractivity contribution is 7.91. The molecule has 1 saturated heterocycles. The Hall–Kier alpha value is -1.35. The van der Waals surface area contributed by atoms with Crippen LogP contribution in [0.15, 0.2) is 18.2 Å². The van der Waals surface area contributed by atoms with Gasteiger partial charge in [0.2, 0.25) is 6.79 Å². The predicted molar refractivity (Wildman–Crippen MR) is 87.9 cm³/mol. The van der Waals surface area contributed by atoms with Gasteiger partial charge in [0.1, 0.15) is 0 Å². The molecule has 1 N–H and O–H groups in total. The van der Waals surface area contributed by atoms with Gasteiger partial charge in [-0.3, -0.25) is 4.90 Å². The summed E-state index contributed by atoms with van der Waals surface area (Å²) in [7, 11) is -2.92. The second-order valence-corrected chi connectivity index (χ2v) is 8.47. The first-order chi connectivity index (χ1) is 11.5. The van der Waals surface area contributed by atoms with Crippen LogP contribution in [-0.4, -0.2) is 69.1 Å². The molecule has 1 aromatic carbocycles. The molecular formula is C16H23NO6S. The number of hydrogen-bond donors (Lipinski definition) is 1. The van der Waals surface area contributed by atoms with Crippen molar-refractivity contribution in [2.45, 2.75) is 19.1 Å². The normalized spacial score (nSPS) is 21.4. The third-order valence-electron chi connectivity index (χ3n) is 4.13. The van der Waals surface area contributed by atoms with E-state index in [1.165, 1.54) is 0 Å². The molecule has 0 aromatic heterocycles. The van der Waals surface area contributed by atoms with E-state index >= 15 is 0 Å². The van der Waals surface area contributed by atoms with E-state index in [0.717, 1.165) is 11.3 Å². The zero-order valence-corrected chi connectivity index (χ0v) is 14.3. The van der Waals surface area contributed by atoms with Gasteiger partial charge in [0.05, 0.1) is 30.8 Å². The number of rotatable bonds is 6. The molecule has 2 aliphatic rings. The van der Waals surface area contributed by atoms with E-state index < -0.39 is 15.9 Å². The van der Waals surface area contributed by atoms with Crippen molar-refractivity contribution in [3.8, 4) is 11.5 Å². The maximum Gasteiger partial charge on any atom is 0.231 e. The third kappa shape index (κ3) is 4.83. The molecule has 24 heavy (non-hydrogen) atoms. The van der Waals surface area contributed by atoms with Crippen LogP contribution in [0.2, 0.25) is 0 Å². The molecule has 0 saturated carbocycles. The highest BCUT2D eigenvalue weighted by atomic mass is 32.2. The van der Waals surface area contributed by atoms with Gasteiger partial charge in [-0.25, -0.2) is 8.42 Å². The van der Waals surface area contributed by atoms with Gasteiger partial charge in [-0.2, -0.15) is 0 Å². The first-order valence-corrected chi connectivity index (χ1v) is 9.91. The van der Waals surface area contributed by atoms with E-state index in [4.69, 9.17) is 14.2 Å². The summed E-state index contributed by atoms with van der Waals surface area (Å²) in [6.45, 7) is 2.42. The first-order valence-electron chi connectivity index (χ1n) is 8.09. The van der Waals surface area contributed by atoms with Gasteiger partial charge >= 0.3 is 0 Å². The molecule has 1 fully saturated rings. The van der Waals surface area contributed by atoms with Gasteiger partial charge < -0.3 is 19.3 Å². The molecule has 1 aromatic rings. The molecule has 1 atom stereocenters. The summed E-state index contributed by atoms with van der Waals surface area (Å²) in [4.78, 5) is 1.99. The second-order valence-electron chi connectivity index (χ2n) is 6.16. The van der Waals surface area contributed by atoms with Crippen molar-refractivity contribution in [3.05, 3.63) is 23.8 Å². The van der Waals surface area contributed by atoms with Crippen LogP contribution in [0.3, 0.4) is 0 Å². The van der Waals surface area contributed by atoms with Gasteiger partial charge in [0.25, 0.3) is 0 Å². The number of sulfone groups is 1. The number of aliphatic hydroxyl groups is 1. The van der Waals surface area contributed by atoms with Crippen LogP contribution >= 0.6 is 0 Å². The molecule has 134 valence electrons. The van der Waals surface area contributed by atoms with Crippen molar-refractivity contribution in [2.75, 3.05) is 44.5 Å². The number of hydrogen-bond acceptors (Lipinski definition) is 7. The summed E-state index contributed by atoms with van der Waals surface area (Å²) in [5.41, 5.74) is 0.951. The Morgan fingerprint density at radius 2 is 2.04 bits per heavy atom. The number of ether oxygens (including phenoxy) is 3. The number of β-amino-alcohol motifs (C(OH)–C–C–N with tert-alkyl or cyclic N) is 1. The lowest BCUT2D eigenvalue weighted by molar-refractivity contribution is 0.0110. The average Bonchev–Trinajstić information content (AvgIpc) is 2.93. The lowest BCUT2D eigenvalue weighted by Gasteiger charge is -2.22. The van der Waals surface area contributed by atoms with Crippen molar-refractivity contribution in [3.63, 3.8) is 0 Å². The molecule has 0 bridgehead atoms. The zero-order chi connectivity index (χ0) is 17.0. The van der Waals surface area contributed by atoms with Crippen molar-refractivity contribution in [1.82, 2.24) is 4.90 Å². The Bertz CT molecular complexity index is 663. The summed E-state index contributed by atoms with van der Waals surface area (Å²) in [5.74, 6) is 1.84. The molecular weight excluding hydrogens is 334 g/mol. The molecule has 8 heteroatoms. The van der Waals surface area contributed by atoms with Gasteiger partial charge in [0.15, 0.2) is 21.3 Å². The van der Waals surface area contributed by atoms with Crippen LogP contribution in [-0.2, 0) is 21.2 Å². The predicted octanol–water partition coefficient (Wildman–Crippen LogP) is 0.413. The quantitative estimate of drug-likeness (QED) is 0.789. The van der Waals surface area contributed by atoms with Crippen molar-refractivity contribution >= 4 is 9.84 Å². The molecule has 1 unspecified atom stereocenters. The Morgan fingerprint density at radius 3 is 2.92 bits per heavy atom. The van der Waals surface area contributed by atoms with E-state index in [1.807, 2.05) is 23.1 Å². The largest absolute Gasteiger partial charge is 0.454 e. The summed E-state index contributed by atoms with van der Waals surface area (Å²) in [6.07, 6.45) is -0.0209. The van der Waals surface area contributed by atoms with E-state index in [-0.39, 0.29) is 24.9 Å². The number of aliphatic hydroxyl groups excluding tert-OH is 1. The van der Waals surface area contributed by atoms with Gasteiger partial charge in [-0.1, -0.05) is 6.07 Å². The topological polar surface area (TPSA) is 85.3 Å². The van der Waals surface area contributed by atoms with Gasteiger partial charge in [0, 0.05) is 13.1 Å². The summed E-state index contributed by atoms with van der Waals surface area (Å²) >= 11 is 0. The molecule has 2 aliphatic heterocycles. The van der Waals surface area contributed by atoms with Crippen LogP contribution < -0.4 is 9.47 Å². The number of nitrogens with zero attached hydrogens (tertiary/aromatic N) is 1. The van der Waals surface area contributed by atoms with Crippen molar-refractivity contribution < 1.29 is 27.7 Å². The highest BCUT2D eigenvalue weighted by Gasteiger charge is 2.21. The lowest BCUT2D eigenvalue weighted by Crippen LogP contribution is -2.36. The van der Waals surface area contributed by atoms with Crippen LogP contribution in [0.1, 0.15) is 12.0 Å². The third-order valence-corrected chi connectivity index (χ3v) is 5.85. The maximum atomic E-state index is 11.6. The molecule has 0 spiro atoms. The minimum Gasteiger partial charge on any atom is -0.454 e. The van der Waals surface area contributed by atoms with E-state index in [1.54, 1.807) is 0 Å². The van der Waals surface area contributed by atoms with E-state index in [0.29, 0.717) is 38.4 Å². The molecule has 0 radical (unpaired) electrons. The van der Waals surface area contributed by atoms with Crippen LogP contribution in [0.5, 0.6) is 11.5 Å². The fraction of sp³-hybridized carbons (Fsp3) is 0.625. The Labute approximate surface area is 142 Å². The zero-order valence-electron chi connectivity index (χ0n) is 13.5. The molecule has 3 rings (SSSR count). The standard InChI is InChI=1S/C16H23NO6S/c18-14(9-17-4-1-6-24(19,20)7-5-17)11-21-10-13-2-3-15-16(8-13)23-12-22-15/h2-3,8,14,18H,1,4-7,9-12H2. The highest BCUT2D eigenvalue weighted by Crippen LogP contribution is 2.32. The first kappa shape index (κ1) is 17.5. The van der Waals surface area contributed by atoms with Crippen molar-refractivity contribution in [2.24, 2.45) is 0 Å². The fourth-order valence-electron chi connectivity index (χ4n) is 2.87. The monoisotopic (exact) mass is 357 g/mol.